The number of rotatable bonds is 6. The summed E-state index contributed by atoms with van der Waals surface area (Å²) >= 11 is 0. The highest BCUT2D eigenvalue weighted by molar-refractivity contribution is 5.66. The van der Waals surface area contributed by atoms with Crippen LogP contribution in [0.4, 0.5) is 0 Å². The average molecular weight is 330 g/mol. The van der Waals surface area contributed by atoms with Crippen molar-refractivity contribution >= 4 is 5.97 Å². The van der Waals surface area contributed by atoms with Crippen molar-refractivity contribution in [3.63, 3.8) is 0 Å². The van der Waals surface area contributed by atoms with Crippen LogP contribution in [0.3, 0.4) is 0 Å². The van der Waals surface area contributed by atoms with Gasteiger partial charge >= 0.3 is 5.97 Å². The van der Waals surface area contributed by atoms with Crippen LogP contribution >= 0.6 is 0 Å². The van der Waals surface area contributed by atoms with Crippen LogP contribution in [0.1, 0.15) is 50.5 Å². The van der Waals surface area contributed by atoms with Crippen LogP contribution in [0.25, 0.3) is 0 Å². The number of carboxylic acids is 1. The number of hydrogen-bond acceptors (Lipinski definition) is 3. The number of carbonyl (C=O) groups is 1. The first-order valence-electron chi connectivity index (χ1n) is 9.41. The molecule has 24 heavy (non-hydrogen) atoms. The van der Waals surface area contributed by atoms with Gasteiger partial charge in [0.25, 0.3) is 0 Å². The van der Waals surface area contributed by atoms with Crippen molar-refractivity contribution < 1.29 is 9.90 Å². The van der Waals surface area contributed by atoms with Gasteiger partial charge in [0, 0.05) is 38.1 Å². The lowest BCUT2D eigenvalue weighted by molar-refractivity contribution is -0.137. The number of benzene rings is 1. The van der Waals surface area contributed by atoms with Gasteiger partial charge in [-0.2, -0.15) is 0 Å². The smallest absolute Gasteiger partial charge is 0.303 e. The molecule has 3 rings (SSSR count). The second kappa shape index (κ2) is 8.13. The van der Waals surface area contributed by atoms with E-state index in [0.717, 1.165) is 39.1 Å². The lowest BCUT2D eigenvalue weighted by Gasteiger charge is -2.53. The average Bonchev–Trinajstić information content (AvgIpc) is 2.59. The van der Waals surface area contributed by atoms with Crippen molar-refractivity contribution in [3.8, 4) is 0 Å². The zero-order valence-corrected chi connectivity index (χ0v) is 14.6. The molecule has 2 aliphatic rings. The Morgan fingerprint density at radius 2 is 1.83 bits per heavy atom. The zero-order valence-electron chi connectivity index (χ0n) is 14.6. The van der Waals surface area contributed by atoms with Crippen molar-refractivity contribution in [2.75, 3.05) is 26.2 Å². The van der Waals surface area contributed by atoms with E-state index < -0.39 is 5.97 Å². The van der Waals surface area contributed by atoms with Crippen molar-refractivity contribution in [3.05, 3.63) is 35.9 Å². The lowest BCUT2D eigenvalue weighted by Crippen LogP contribution is -2.62. The van der Waals surface area contributed by atoms with E-state index in [2.05, 4.69) is 40.1 Å². The third-order valence-electron chi connectivity index (χ3n) is 5.74. The van der Waals surface area contributed by atoms with Crippen molar-refractivity contribution in [2.24, 2.45) is 0 Å². The van der Waals surface area contributed by atoms with Crippen LogP contribution in [0.15, 0.2) is 30.3 Å². The molecule has 1 aromatic carbocycles. The highest BCUT2D eigenvalue weighted by Crippen LogP contribution is 2.37. The van der Waals surface area contributed by atoms with E-state index in [1.165, 1.54) is 37.7 Å². The van der Waals surface area contributed by atoms with Crippen molar-refractivity contribution in [1.82, 2.24) is 9.80 Å². The summed E-state index contributed by atoms with van der Waals surface area (Å²) in [5.74, 6) is -0.676. The van der Waals surface area contributed by atoms with E-state index in [0.29, 0.717) is 5.54 Å². The molecular formula is C20H30N2O2. The molecule has 1 spiro atoms. The molecule has 0 amide bonds. The highest BCUT2D eigenvalue weighted by atomic mass is 16.4. The molecule has 0 radical (unpaired) electrons. The molecule has 1 N–H and O–H groups in total. The molecule has 0 aromatic heterocycles. The van der Waals surface area contributed by atoms with Gasteiger partial charge < -0.3 is 10.0 Å². The number of nitrogens with zero attached hydrogens (tertiary/aromatic N) is 2. The molecule has 4 heteroatoms. The van der Waals surface area contributed by atoms with Gasteiger partial charge in [-0.3, -0.25) is 9.69 Å². The number of aliphatic carboxylic acids is 1. The largest absolute Gasteiger partial charge is 0.481 e. The summed E-state index contributed by atoms with van der Waals surface area (Å²) in [4.78, 5) is 16.0. The first-order chi connectivity index (χ1) is 11.7. The minimum absolute atomic E-state index is 0.289. The molecule has 1 aliphatic heterocycles. The van der Waals surface area contributed by atoms with Gasteiger partial charge in [0.15, 0.2) is 0 Å². The third-order valence-corrected chi connectivity index (χ3v) is 5.74. The molecular weight excluding hydrogens is 300 g/mol. The van der Waals surface area contributed by atoms with E-state index in [1.807, 2.05) is 0 Å². The van der Waals surface area contributed by atoms with Crippen LogP contribution in [-0.2, 0) is 11.3 Å². The van der Waals surface area contributed by atoms with Crippen LogP contribution in [0, 0.1) is 0 Å². The van der Waals surface area contributed by atoms with Gasteiger partial charge in [0.2, 0.25) is 0 Å². The second-order valence-corrected chi connectivity index (χ2v) is 7.47. The third kappa shape index (κ3) is 4.37. The summed E-state index contributed by atoms with van der Waals surface area (Å²) in [6.07, 6.45) is 7.65. The molecule has 1 heterocycles. The summed E-state index contributed by atoms with van der Waals surface area (Å²) in [7, 11) is 0. The van der Waals surface area contributed by atoms with E-state index in [9.17, 15) is 4.79 Å². The maximum Gasteiger partial charge on any atom is 0.303 e. The molecule has 1 saturated carbocycles. The van der Waals surface area contributed by atoms with Gasteiger partial charge in [-0.05, 0) is 31.4 Å². The fraction of sp³-hybridized carbons (Fsp3) is 0.650. The molecule has 0 unspecified atom stereocenters. The number of hydrogen-bond donors (Lipinski definition) is 1. The van der Waals surface area contributed by atoms with Gasteiger partial charge in [0.05, 0.1) is 0 Å². The number of piperazine rings is 1. The van der Waals surface area contributed by atoms with Gasteiger partial charge in [-0.25, -0.2) is 0 Å². The molecule has 1 aromatic rings. The minimum atomic E-state index is -0.676. The Labute approximate surface area is 145 Å². The Kier molecular flexibility index (Phi) is 5.90. The SMILES string of the molecule is O=C(O)CCCN1CCN(Cc2ccccc2)C2(CCCCC2)C1. The highest BCUT2D eigenvalue weighted by Gasteiger charge is 2.41. The Morgan fingerprint density at radius 3 is 2.54 bits per heavy atom. The van der Waals surface area contributed by atoms with Gasteiger partial charge in [0.1, 0.15) is 0 Å². The minimum Gasteiger partial charge on any atom is -0.481 e. The molecule has 0 atom stereocenters. The summed E-state index contributed by atoms with van der Waals surface area (Å²) in [6, 6.07) is 10.8. The lowest BCUT2D eigenvalue weighted by atomic mass is 9.78. The predicted octanol–water partition coefficient (Wildman–Crippen LogP) is 3.37. The zero-order chi connectivity index (χ0) is 16.8. The normalized spacial score (nSPS) is 21.8. The summed E-state index contributed by atoms with van der Waals surface area (Å²) in [5, 5.41) is 8.86. The van der Waals surface area contributed by atoms with Crippen molar-refractivity contribution in [1.29, 1.82) is 0 Å². The Hall–Kier alpha value is -1.39. The van der Waals surface area contributed by atoms with E-state index in [1.54, 1.807) is 0 Å². The van der Waals surface area contributed by atoms with E-state index >= 15 is 0 Å². The van der Waals surface area contributed by atoms with Crippen LogP contribution in [0.5, 0.6) is 0 Å². The van der Waals surface area contributed by atoms with Crippen molar-refractivity contribution in [2.45, 2.75) is 57.0 Å². The fourth-order valence-electron chi connectivity index (χ4n) is 4.47. The molecule has 1 saturated heterocycles. The first-order valence-corrected chi connectivity index (χ1v) is 9.41. The number of carboxylic acid groups (broad SMARTS) is 1. The van der Waals surface area contributed by atoms with Crippen LogP contribution in [-0.4, -0.2) is 52.6 Å². The monoisotopic (exact) mass is 330 g/mol. The maximum absolute atomic E-state index is 10.8. The maximum atomic E-state index is 10.8. The topological polar surface area (TPSA) is 43.8 Å². The predicted molar refractivity (Wildman–Crippen MR) is 96.0 cm³/mol. The summed E-state index contributed by atoms with van der Waals surface area (Å²) in [6.45, 7) is 5.24. The fourth-order valence-corrected chi connectivity index (χ4v) is 4.47. The molecule has 132 valence electrons. The quantitative estimate of drug-likeness (QED) is 0.868. The Morgan fingerprint density at radius 1 is 1.08 bits per heavy atom. The van der Waals surface area contributed by atoms with Crippen LogP contribution < -0.4 is 0 Å². The van der Waals surface area contributed by atoms with Crippen LogP contribution in [0.2, 0.25) is 0 Å². The Balaban J connectivity index is 1.65. The van der Waals surface area contributed by atoms with Gasteiger partial charge in [-0.15, -0.1) is 0 Å². The summed E-state index contributed by atoms with van der Waals surface area (Å²) < 4.78 is 0. The van der Waals surface area contributed by atoms with Gasteiger partial charge in [-0.1, -0.05) is 49.6 Å². The Bertz CT molecular complexity index is 526. The molecule has 0 bridgehead atoms. The molecule has 1 aliphatic carbocycles. The van der Waals surface area contributed by atoms with E-state index in [-0.39, 0.29) is 6.42 Å². The second-order valence-electron chi connectivity index (χ2n) is 7.47. The first kappa shape index (κ1) is 17.4. The molecule has 4 nitrogen and oxygen atoms in total. The standard InChI is InChI=1S/C20H30N2O2/c23-19(24)10-7-13-21-14-15-22(16-18-8-3-1-4-9-18)20(17-21)11-5-2-6-12-20/h1,3-4,8-9H,2,5-7,10-17H2,(H,23,24). The van der Waals surface area contributed by atoms with E-state index in [4.69, 9.17) is 5.11 Å². The molecule has 2 fully saturated rings. The summed E-state index contributed by atoms with van der Waals surface area (Å²) in [5.41, 5.74) is 1.71.